The minimum absolute atomic E-state index is 0.306. The molecule has 0 saturated carbocycles. The Bertz CT molecular complexity index is 292. The zero-order chi connectivity index (χ0) is 13.3. The first kappa shape index (κ1) is 15.7. The summed E-state index contributed by atoms with van der Waals surface area (Å²) in [6, 6.07) is 0. The van der Waals surface area contributed by atoms with Gasteiger partial charge in [0, 0.05) is 11.1 Å². The highest BCUT2D eigenvalue weighted by atomic mass is 16.5. The van der Waals surface area contributed by atoms with Crippen molar-refractivity contribution in [1.29, 1.82) is 0 Å². The minimum atomic E-state index is -0.438. The summed E-state index contributed by atoms with van der Waals surface area (Å²) in [4.78, 5) is 23.3. The first-order chi connectivity index (χ1) is 8.08. The molecule has 0 bridgehead atoms. The monoisotopic (exact) mass is 242 g/mol. The van der Waals surface area contributed by atoms with Gasteiger partial charge in [-0.15, -0.1) is 0 Å². The van der Waals surface area contributed by atoms with E-state index in [0.29, 0.717) is 30.8 Å². The van der Waals surface area contributed by atoms with E-state index in [0.717, 1.165) is 12.8 Å². The molecule has 0 atom stereocenters. The fraction of sp³-hybridized carbons (Fsp3) is 0.692. The molecule has 0 unspecified atom stereocenters. The minimum Gasteiger partial charge on any atom is -0.463 e. The Morgan fingerprint density at radius 1 is 0.941 bits per heavy atom. The molecule has 0 amide bonds. The van der Waals surface area contributed by atoms with Crippen LogP contribution >= 0.6 is 0 Å². The third kappa shape index (κ3) is 5.52. The smallest absolute Gasteiger partial charge is 0.334 e. The Balaban J connectivity index is 4.91. The van der Waals surface area contributed by atoms with Crippen LogP contribution in [-0.4, -0.2) is 25.2 Å². The highest BCUT2D eigenvalue weighted by molar-refractivity contribution is 5.99. The van der Waals surface area contributed by atoms with Crippen LogP contribution < -0.4 is 0 Å². The highest BCUT2D eigenvalue weighted by Gasteiger charge is 2.18. The van der Waals surface area contributed by atoms with Crippen LogP contribution in [0.3, 0.4) is 0 Å². The number of carbonyl (C=O) groups is 2. The van der Waals surface area contributed by atoms with E-state index >= 15 is 0 Å². The molecule has 0 heterocycles. The molecule has 0 N–H and O–H groups in total. The van der Waals surface area contributed by atoms with Crippen molar-refractivity contribution >= 4 is 11.9 Å². The van der Waals surface area contributed by atoms with Crippen molar-refractivity contribution in [2.75, 3.05) is 13.2 Å². The highest BCUT2D eigenvalue weighted by Crippen LogP contribution is 2.16. The molecule has 0 aliphatic heterocycles. The standard InChI is InChI=1S/C13H22O4/c1-5-8-9-11(13(15)17-7-3)10(4)12(14)16-6-2/h5-9H2,1-4H3/b11-10-. The van der Waals surface area contributed by atoms with Gasteiger partial charge in [-0.05, 0) is 33.6 Å². The predicted molar refractivity (Wildman–Crippen MR) is 65.5 cm³/mol. The summed E-state index contributed by atoms with van der Waals surface area (Å²) in [7, 11) is 0. The van der Waals surface area contributed by atoms with Crippen LogP contribution in [0.1, 0.15) is 47.0 Å². The lowest BCUT2D eigenvalue weighted by Gasteiger charge is -2.10. The summed E-state index contributed by atoms with van der Waals surface area (Å²) in [6.07, 6.45) is 2.36. The Morgan fingerprint density at radius 2 is 1.47 bits per heavy atom. The topological polar surface area (TPSA) is 52.6 Å². The maximum absolute atomic E-state index is 11.7. The van der Waals surface area contributed by atoms with Crippen molar-refractivity contribution in [2.45, 2.75) is 47.0 Å². The van der Waals surface area contributed by atoms with E-state index in [-0.39, 0.29) is 0 Å². The van der Waals surface area contributed by atoms with Crippen molar-refractivity contribution in [3.05, 3.63) is 11.1 Å². The molecule has 0 aliphatic carbocycles. The van der Waals surface area contributed by atoms with Crippen molar-refractivity contribution in [1.82, 2.24) is 0 Å². The molecule has 0 spiro atoms. The molecular weight excluding hydrogens is 220 g/mol. The van der Waals surface area contributed by atoms with E-state index in [2.05, 4.69) is 0 Å². The fourth-order valence-electron chi connectivity index (χ4n) is 1.38. The summed E-state index contributed by atoms with van der Waals surface area (Å²) >= 11 is 0. The molecule has 0 aromatic carbocycles. The van der Waals surface area contributed by atoms with E-state index in [1.807, 2.05) is 6.92 Å². The Morgan fingerprint density at radius 3 is 1.94 bits per heavy atom. The second-order valence-electron chi connectivity index (χ2n) is 3.65. The van der Waals surface area contributed by atoms with Gasteiger partial charge in [0.25, 0.3) is 0 Å². The summed E-state index contributed by atoms with van der Waals surface area (Å²) < 4.78 is 9.83. The number of carbonyl (C=O) groups excluding carboxylic acids is 2. The van der Waals surface area contributed by atoms with Crippen LogP contribution in [0.5, 0.6) is 0 Å². The molecule has 98 valence electrons. The first-order valence-corrected chi connectivity index (χ1v) is 6.12. The van der Waals surface area contributed by atoms with E-state index < -0.39 is 11.9 Å². The van der Waals surface area contributed by atoms with Crippen molar-refractivity contribution < 1.29 is 19.1 Å². The number of unbranched alkanes of at least 4 members (excludes halogenated alkanes) is 1. The zero-order valence-electron chi connectivity index (χ0n) is 11.2. The normalized spacial score (nSPS) is 11.8. The molecule has 0 saturated heterocycles. The lowest BCUT2D eigenvalue weighted by Crippen LogP contribution is -2.15. The molecule has 0 aromatic rings. The summed E-state index contributed by atoms with van der Waals surface area (Å²) in [5.41, 5.74) is 0.797. The molecule has 0 radical (unpaired) electrons. The van der Waals surface area contributed by atoms with Crippen LogP contribution in [0.15, 0.2) is 11.1 Å². The Hall–Kier alpha value is -1.32. The third-order valence-corrected chi connectivity index (χ3v) is 2.34. The predicted octanol–water partition coefficient (Wildman–Crippen LogP) is 2.62. The van der Waals surface area contributed by atoms with Gasteiger partial charge in [-0.1, -0.05) is 13.3 Å². The quantitative estimate of drug-likeness (QED) is 0.508. The number of hydrogen-bond acceptors (Lipinski definition) is 4. The first-order valence-electron chi connectivity index (χ1n) is 6.12. The largest absolute Gasteiger partial charge is 0.463 e. The molecule has 4 nitrogen and oxygen atoms in total. The average molecular weight is 242 g/mol. The Kier molecular flexibility index (Phi) is 8.11. The van der Waals surface area contributed by atoms with E-state index in [4.69, 9.17) is 9.47 Å². The average Bonchev–Trinajstić information content (AvgIpc) is 2.30. The number of rotatable bonds is 7. The second-order valence-corrected chi connectivity index (χ2v) is 3.65. The van der Waals surface area contributed by atoms with Gasteiger partial charge < -0.3 is 9.47 Å². The van der Waals surface area contributed by atoms with Crippen LogP contribution in [0.25, 0.3) is 0 Å². The van der Waals surface area contributed by atoms with E-state index in [1.165, 1.54) is 0 Å². The summed E-state index contributed by atoms with van der Waals surface area (Å²) in [6.45, 7) is 7.74. The van der Waals surface area contributed by atoms with Crippen molar-refractivity contribution in [3.8, 4) is 0 Å². The van der Waals surface area contributed by atoms with Crippen molar-refractivity contribution in [2.24, 2.45) is 0 Å². The Labute approximate surface area is 103 Å². The van der Waals surface area contributed by atoms with Gasteiger partial charge in [-0.3, -0.25) is 0 Å². The molecule has 4 heteroatoms. The van der Waals surface area contributed by atoms with E-state index in [1.54, 1.807) is 20.8 Å². The van der Waals surface area contributed by atoms with Crippen LogP contribution in [0, 0.1) is 0 Å². The molecule has 0 aliphatic rings. The molecule has 0 fully saturated rings. The van der Waals surface area contributed by atoms with Gasteiger partial charge in [0.2, 0.25) is 0 Å². The summed E-state index contributed by atoms with van der Waals surface area (Å²) in [5, 5.41) is 0. The van der Waals surface area contributed by atoms with Crippen LogP contribution in [0.2, 0.25) is 0 Å². The lowest BCUT2D eigenvalue weighted by molar-refractivity contribution is -0.141. The molecular formula is C13H22O4. The number of esters is 2. The van der Waals surface area contributed by atoms with Crippen LogP contribution in [0.4, 0.5) is 0 Å². The van der Waals surface area contributed by atoms with Crippen LogP contribution in [-0.2, 0) is 19.1 Å². The maximum atomic E-state index is 11.7. The number of hydrogen-bond donors (Lipinski definition) is 0. The van der Waals surface area contributed by atoms with Gasteiger partial charge in [0.05, 0.1) is 13.2 Å². The molecule has 0 aromatic heterocycles. The molecule has 17 heavy (non-hydrogen) atoms. The van der Waals surface area contributed by atoms with Crippen molar-refractivity contribution in [3.63, 3.8) is 0 Å². The van der Waals surface area contributed by atoms with Gasteiger partial charge in [0.1, 0.15) is 0 Å². The molecule has 0 rings (SSSR count). The van der Waals surface area contributed by atoms with E-state index in [9.17, 15) is 9.59 Å². The van der Waals surface area contributed by atoms with Gasteiger partial charge >= 0.3 is 11.9 Å². The van der Waals surface area contributed by atoms with Gasteiger partial charge in [-0.25, -0.2) is 9.59 Å². The zero-order valence-corrected chi connectivity index (χ0v) is 11.2. The van der Waals surface area contributed by atoms with Gasteiger partial charge in [0.15, 0.2) is 0 Å². The maximum Gasteiger partial charge on any atom is 0.334 e. The summed E-state index contributed by atoms with van der Waals surface area (Å²) in [5.74, 6) is -0.849. The lowest BCUT2D eigenvalue weighted by atomic mass is 10.0. The third-order valence-electron chi connectivity index (χ3n) is 2.34. The SMILES string of the molecule is CCCC/C(C(=O)OCC)=C(\C)C(=O)OCC. The fourth-order valence-corrected chi connectivity index (χ4v) is 1.38. The van der Waals surface area contributed by atoms with Gasteiger partial charge in [-0.2, -0.15) is 0 Å². The number of ether oxygens (including phenoxy) is 2. The second kappa shape index (κ2) is 8.79.